The Morgan fingerprint density at radius 2 is 2.00 bits per heavy atom. The maximum atomic E-state index is 4.47. The Bertz CT molecular complexity index is 559. The molecule has 0 bridgehead atoms. The molecule has 1 aromatic carbocycles. The Labute approximate surface area is 147 Å². The summed E-state index contributed by atoms with van der Waals surface area (Å²) in [4.78, 5) is 9.41. The van der Waals surface area contributed by atoms with E-state index in [1.54, 1.807) is 0 Å². The zero-order chi connectivity index (χ0) is 16.1. The normalized spacial score (nSPS) is 22.1. The summed E-state index contributed by atoms with van der Waals surface area (Å²) in [6.45, 7) is 5.31. The second kappa shape index (κ2) is 7.97. The molecule has 0 spiro atoms. The second-order valence-corrected chi connectivity index (χ2v) is 7.08. The minimum Gasteiger partial charge on any atom is -0.356 e. The van der Waals surface area contributed by atoms with Crippen molar-refractivity contribution in [1.29, 1.82) is 0 Å². The smallest absolute Gasteiger partial charge is 0.193 e. The number of benzene rings is 1. The molecule has 5 heteroatoms. The number of likely N-dealkylation sites (tertiary alicyclic amines) is 1. The fourth-order valence-corrected chi connectivity index (χ4v) is 3.59. The summed E-state index contributed by atoms with van der Waals surface area (Å²) in [5.41, 5.74) is 1.35. The maximum Gasteiger partial charge on any atom is 0.193 e. The van der Waals surface area contributed by atoms with Gasteiger partial charge in [0, 0.05) is 50.3 Å². The van der Waals surface area contributed by atoms with E-state index in [-0.39, 0.29) is 0 Å². The van der Waals surface area contributed by atoms with Crippen molar-refractivity contribution in [2.45, 2.75) is 18.9 Å². The van der Waals surface area contributed by atoms with Crippen LogP contribution < -0.4 is 5.32 Å². The van der Waals surface area contributed by atoms with Gasteiger partial charge in [0.25, 0.3) is 0 Å². The molecule has 124 valence electrons. The average Bonchev–Trinajstić information content (AvgIpc) is 3.24. The second-order valence-electron chi connectivity index (χ2n) is 6.16. The van der Waals surface area contributed by atoms with E-state index in [0.717, 1.165) is 49.6 Å². The van der Waals surface area contributed by atoms with E-state index in [1.807, 2.05) is 7.05 Å². The number of guanidine groups is 1. The Balaban J connectivity index is 1.45. The molecule has 0 aromatic heterocycles. The van der Waals surface area contributed by atoms with Gasteiger partial charge < -0.3 is 10.2 Å². The lowest BCUT2D eigenvalue weighted by Crippen LogP contribution is -2.43. The molecule has 1 unspecified atom stereocenters. The molecule has 0 aliphatic carbocycles. The van der Waals surface area contributed by atoms with Gasteiger partial charge in [-0.15, -0.1) is 0 Å². The number of halogens is 1. The number of hydrogen-bond acceptors (Lipinski definition) is 2. The molecule has 0 radical (unpaired) electrons. The summed E-state index contributed by atoms with van der Waals surface area (Å²) in [5.74, 6) is 1.04. The average molecular weight is 377 g/mol. The standard InChI is InChI=1S/C18H25BrN4/c1-20-18(21-10-8-15-4-6-16(19)7-5-15)23-13-9-17(14-23)22-11-2-3-12-22/h2-7,17H,8-14H2,1H3,(H,20,21). The van der Waals surface area contributed by atoms with Gasteiger partial charge in [0.1, 0.15) is 0 Å². The van der Waals surface area contributed by atoms with Crippen molar-refractivity contribution >= 4 is 21.9 Å². The minimum absolute atomic E-state index is 0.662. The predicted octanol–water partition coefficient (Wildman–Crippen LogP) is 2.51. The first-order chi connectivity index (χ1) is 11.3. The lowest BCUT2D eigenvalue weighted by atomic mass is 10.1. The first-order valence-corrected chi connectivity index (χ1v) is 9.14. The molecule has 0 amide bonds. The number of nitrogens with zero attached hydrogens (tertiary/aromatic N) is 3. The first-order valence-electron chi connectivity index (χ1n) is 8.35. The zero-order valence-electron chi connectivity index (χ0n) is 13.7. The van der Waals surface area contributed by atoms with Crippen LogP contribution in [0.25, 0.3) is 0 Å². The van der Waals surface area contributed by atoms with Gasteiger partial charge in [0.15, 0.2) is 5.96 Å². The highest BCUT2D eigenvalue weighted by Crippen LogP contribution is 2.18. The largest absolute Gasteiger partial charge is 0.356 e. The Morgan fingerprint density at radius 3 is 2.70 bits per heavy atom. The van der Waals surface area contributed by atoms with Gasteiger partial charge in [-0.3, -0.25) is 9.89 Å². The van der Waals surface area contributed by atoms with Gasteiger partial charge in [-0.25, -0.2) is 0 Å². The minimum atomic E-state index is 0.662. The van der Waals surface area contributed by atoms with Crippen LogP contribution in [0.5, 0.6) is 0 Å². The van der Waals surface area contributed by atoms with E-state index in [4.69, 9.17) is 0 Å². The maximum absolute atomic E-state index is 4.47. The van der Waals surface area contributed by atoms with Crippen molar-refractivity contribution in [3.8, 4) is 0 Å². The molecule has 2 heterocycles. The van der Waals surface area contributed by atoms with Crippen LogP contribution in [0, 0.1) is 0 Å². The van der Waals surface area contributed by atoms with Crippen molar-refractivity contribution in [1.82, 2.24) is 15.1 Å². The fraction of sp³-hybridized carbons (Fsp3) is 0.500. The molecule has 1 N–H and O–H groups in total. The molecule has 4 nitrogen and oxygen atoms in total. The van der Waals surface area contributed by atoms with Crippen molar-refractivity contribution in [2.75, 3.05) is 39.8 Å². The summed E-state index contributed by atoms with van der Waals surface area (Å²) >= 11 is 3.48. The fourth-order valence-electron chi connectivity index (χ4n) is 3.33. The molecule has 1 atom stereocenters. The molecule has 0 saturated carbocycles. The summed E-state index contributed by atoms with van der Waals surface area (Å²) in [5, 5.41) is 3.52. The Morgan fingerprint density at radius 1 is 1.26 bits per heavy atom. The quantitative estimate of drug-likeness (QED) is 0.497. The molecular formula is C18H25BrN4. The van der Waals surface area contributed by atoms with E-state index in [1.165, 1.54) is 12.0 Å². The molecular weight excluding hydrogens is 352 g/mol. The van der Waals surface area contributed by atoms with Crippen LogP contribution in [0.15, 0.2) is 45.9 Å². The highest BCUT2D eigenvalue weighted by atomic mass is 79.9. The topological polar surface area (TPSA) is 30.9 Å². The molecule has 3 rings (SSSR count). The molecule has 23 heavy (non-hydrogen) atoms. The SMILES string of the molecule is CN=C(NCCc1ccc(Br)cc1)N1CCC(N2CC=CC2)C1. The van der Waals surface area contributed by atoms with Gasteiger partial charge >= 0.3 is 0 Å². The van der Waals surface area contributed by atoms with Gasteiger partial charge in [-0.2, -0.15) is 0 Å². The number of hydrogen-bond donors (Lipinski definition) is 1. The third-order valence-electron chi connectivity index (χ3n) is 4.65. The highest BCUT2D eigenvalue weighted by molar-refractivity contribution is 9.10. The van der Waals surface area contributed by atoms with Gasteiger partial charge in [0.2, 0.25) is 0 Å². The first kappa shape index (κ1) is 16.5. The van der Waals surface area contributed by atoms with Crippen LogP contribution in [0.3, 0.4) is 0 Å². The van der Waals surface area contributed by atoms with Crippen LogP contribution in [0.1, 0.15) is 12.0 Å². The third kappa shape index (κ3) is 4.36. The van der Waals surface area contributed by atoms with Crippen molar-refractivity contribution in [2.24, 2.45) is 4.99 Å². The Hall–Kier alpha value is -1.33. The lowest BCUT2D eigenvalue weighted by molar-refractivity contribution is 0.259. The molecule has 2 aliphatic heterocycles. The van der Waals surface area contributed by atoms with E-state index < -0.39 is 0 Å². The summed E-state index contributed by atoms with van der Waals surface area (Å²) in [6, 6.07) is 9.19. The number of nitrogens with one attached hydrogen (secondary N) is 1. The molecule has 1 aromatic rings. The van der Waals surface area contributed by atoms with Crippen molar-refractivity contribution in [3.05, 3.63) is 46.5 Å². The summed E-state index contributed by atoms with van der Waals surface area (Å²) in [6.07, 6.45) is 6.79. The van der Waals surface area contributed by atoms with Crippen LogP contribution in [0.4, 0.5) is 0 Å². The van der Waals surface area contributed by atoms with Crippen LogP contribution in [0.2, 0.25) is 0 Å². The van der Waals surface area contributed by atoms with Crippen LogP contribution >= 0.6 is 15.9 Å². The summed E-state index contributed by atoms with van der Waals surface area (Å²) in [7, 11) is 1.88. The van der Waals surface area contributed by atoms with Gasteiger partial charge in [0.05, 0.1) is 0 Å². The number of aliphatic imine (C=N–C) groups is 1. The molecule has 2 aliphatic rings. The Kier molecular flexibility index (Phi) is 5.73. The van der Waals surface area contributed by atoms with Crippen molar-refractivity contribution < 1.29 is 0 Å². The van der Waals surface area contributed by atoms with Gasteiger partial charge in [-0.1, -0.05) is 40.2 Å². The van der Waals surface area contributed by atoms with E-state index in [2.05, 4.69) is 72.5 Å². The third-order valence-corrected chi connectivity index (χ3v) is 5.18. The van der Waals surface area contributed by atoms with Crippen LogP contribution in [-0.4, -0.2) is 61.6 Å². The predicted molar refractivity (Wildman–Crippen MR) is 99.9 cm³/mol. The molecule has 1 saturated heterocycles. The van der Waals surface area contributed by atoms with E-state index >= 15 is 0 Å². The highest BCUT2D eigenvalue weighted by Gasteiger charge is 2.29. The number of rotatable bonds is 4. The van der Waals surface area contributed by atoms with Crippen molar-refractivity contribution in [3.63, 3.8) is 0 Å². The van der Waals surface area contributed by atoms with E-state index in [9.17, 15) is 0 Å². The van der Waals surface area contributed by atoms with Gasteiger partial charge in [-0.05, 0) is 30.5 Å². The summed E-state index contributed by atoms with van der Waals surface area (Å²) < 4.78 is 1.13. The monoisotopic (exact) mass is 376 g/mol. The zero-order valence-corrected chi connectivity index (χ0v) is 15.3. The lowest BCUT2D eigenvalue weighted by Gasteiger charge is -2.25. The molecule has 1 fully saturated rings. The van der Waals surface area contributed by atoms with Crippen LogP contribution in [-0.2, 0) is 6.42 Å². The van der Waals surface area contributed by atoms with E-state index in [0.29, 0.717) is 6.04 Å².